The molecule has 0 amide bonds. The summed E-state index contributed by atoms with van der Waals surface area (Å²) < 4.78 is 22.9. The zero-order valence-electron chi connectivity index (χ0n) is 23.2. The first-order valence-corrected chi connectivity index (χ1v) is 13.5. The Morgan fingerprint density at radius 2 is 1.57 bits per heavy atom. The number of furan rings is 1. The number of nitrogens with zero attached hydrogens (tertiary/aromatic N) is 2. The van der Waals surface area contributed by atoms with E-state index in [9.17, 15) is 9.65 Å². The standard InChI is InChI=1S/C36H28FN2O/c1-20-10-13-27-33-23(18-38)12-14-24(34(33)40-35(27)32(20)31-16-21(2)30(37)19-39(31)5)22-11-15-26-25-8-6-7-9-28(25)36(3,4)29(26)17-22/h6-17,19H,1-5H3/q+1. The van der Waals surface area contributed by atoms with Crippen LogP contribution in [0.2, 0.25) is 0 Å². The molecule has 0 radical (unpaired) electrons. The number of fused-ring (bicyclic) bond motifs is 6. The van der Waals surface area contributed by atoms with Gasteiger partial charge in [-0.3, -0.25) is 0 Å². The fourth-order valence-corrected chi connectivity index (χ4v) is 6.52. The normalized spacial score (nSPS) is 13.4. The van der Waals surface area contributed by atoms with E-state index in [0.29, 0.717) is 22.3 Å². The molecule has 0 N–H and O–H groups in total. The Morgan fingerprint density at radius 1 is 0.825 bits per heavy atom. The molecule has 6 aromatic rings. The lowest BCUT2D eigenvalue weighted by molar-refractivity contribution is -0.662. The lowest BCUT2D eigenvalue weighted by Gasteiger charge is -2.22. The molecule has 194 valence electrons. The number of nitriles is 1. The third kappa shape index (κ3) is 3.24. The first kappa shape index (κ1) is 24.3. The Bertz CT molecular complexity index is 2090. The molecule has 4 aromatic carbocycles. The first-order chi connectivity index (χ1) is 19.2. The fourth-order valence-electron chi connectivity index (χ4n) is 6.52. The highest BCUT2D eigenvalue weighted by molar-refractivity contribution is 6.15. The first-order valence-electron chi connectivity index (χ1n) is 13.5. The van der Waals surface area contributed by atoms with Crippen molar-refractivity contribution in [2.45, 2.75) is 33.1 Å². The minimum absolute atomic E-state index is 0.124. The molecule has 1 aliphatic carbocycles. The van der Waals surface area contributed by atoms with E-state index in [1.54, 1.807) is 11.5 Å². The van der Waals surface area contributed by atoms with Gasteiger partial charge in [-0.15, -0.1) is 0 Å². The van der Waals surface area contributed by atoms with Gasteiger partial charge in [0, 0.05) is 27.8 Å². The summed E-state index contributed by atoms with van der Waals surface area (Å²) >= 11 is 0. The van der Waals surface area contributed by atoms with Gasteiger partial charge >= 0.3 is 0 Å². The van der Waals surface area contributed by atoms with Gasteiger partial charge in [-0.1, -0.05) is 62.4 Å². The molecule has 0 spiro atoms. The number of pyridine rings is 1. The summed E-state index contributed by atoms with van der Waals surface area (Å²) in [5.74, 6) is -0.253. The van der Waals surface area contributed by atoms with E-state index >= 15 is 0 Å². The zero-order chi connectivity index (χ0) is 27.9. The Balaban J connectivity index is 1.52. The molecule has 3 nitrogen and oxygen atoms in total. The van der Waals surface area contributed by atoms with Crippen LogP contribution in [0.5, 0.6) is 0 Å². The lowest BCUT2D eigenvalue weighted by atomic mass is 9.81. The van der Waals surface area contributed by atoms with Crippen molar-refractivity contribution in [1.29, 1.82) is 5.26 Å². The summed E-state index contributed by atoms with van der Waals surface area (Å²) in [4.78, 5) is 0. The molecule has 2 heterocycles. The number of hydrogen-bond donors (Lipinski definition) is 0. The van der Waals surface area contributed by atoms with Crippen molar-refractivity contribution in [2.24, 2.45) is 7.05 Å². The Hall–Kier alpha value is -4.75. The maximum Gasteiger partial charge on any atom is 0.216 e. The van der Waals surface area contributed by atoms with Crippen LogP contribution in [0.25, 0.3) is 55.4 Å². The van der Waals surface area contributed by atoms with Gasteiger partial charge < -0.3 is 4.42 Å². The van der Waals surface area contributed by atoms with Gasteiger partial charge in [0.1, 0.15) is 18.2 Å². The third-order valence-corrected chi connectivity index (χ3v) is 8.69. The van der Waals surface area contributed by atoms with Crippen LogP contribution >= 0.6 is 0 Å². The maximum absolute atomic E-state index is 14.4. The molecule has 0 fully saturated rings. The molecule has 0 aliphatic heterocycles. The minimum Gasteiger partial charge on any atom is -0.454 e. The summed E-state index contributed by atoms with van der Waals surface area (Å²) in [5, 5.41) is 11.8. The van der Waals surface area contributed by atoms with Crippen LogP contribution in [0.4, 0.5) is 4.39 Å². The number of halogens is 1. The Morgan fingerprint density at radius 3 is 2.38 bits per heavy atom. The van der Waals surface area contributed by atoms with Crippen molar-refractivity contribution in [3.63, 3.8) is 0 Å². The molecule has 0 atom stereocenters. The van der Waals surface area contributed by atoms with Gasteiger partial charge in [-0.25, -0.2) is 4.39 Å². The number of rotatable bonds is 2. The van der Waals surface area contributed by atoms with E-state index in [4.69, 9.17) is 4.42 Å². The van der Waals surface area contributed by atoms with Crippen molar-refractivity contribution in [3.8, 4) is 39.6 Å². The van der Waals surface area contributed by atoms with Crippen molar-refractivity contribution in [1.82, 2.24) is 0 Å². The summed E-state index contributed by atoms with van der Waals surface area (Å²) in [5.41, 5.74) is 12.3. The predicted molar refractivity (Wildman–Crippen MR) is 157 cm³/mol. The van der Waals surface area contributed by atoms with Gasteiger partial charge in [0.15, 0.2) is 5.82 Å². The number of benzene rings is 4. The SMILES string of the molecule is Cc1cc(-c2c(C)ccc3c2oc2c(-c4ccc5c(c4)C(C)(C)c4ccccc4-5)ccc(C#N)c23)[n+](C)cc1F. The average Bonchev–Trinajstić information content (AvgIpc) is 3.44. The van der Waals surface area contributed by atoms with Gasteiger partial charge in [0.25, 0.3) is 0 Å². The number of hydrogen-bond acceptors (Lipinski definition) is 2. The highest BCUT2D eigenvalue weighted by Crippen LogP contribution is 2.50. The predicted octanol–water partition coefficient (Wildman–Crippen LogP) is 8.68. The van der Waals surface area contributed by atoms with Crippen molar-refractivity contribution >= 4 is 21.9 Å². The van der Waals surface area contributed by atoms with Crippen LogP contribution < -0.4 is 4.57 Å². The van der Waals surface area contributed by atoms with E-state index in [-0.39, 0.29) is 11.2 Å². The van der Waals surface area contributed by atoms with Gasteiger partial charge in [-0.2, -0.15) is 9.83 Å². The molecule has 0 saturated carbocycles. The Kier molecular flexibility index (Phi) is 5.09. The van der Waals surface area contributed by atoms with Crippen LogP contribution in [0.3, 0.4) is 0 Å². The highest BCUT2D eigenvalue weighted by atomic mass is 19.1. The van der Waals surface area contributed by atoms with E-state index in [2.05, 4.69) is 62.4 Å². The zero-order valence-corrected chi connectivity index (χ0v) is 23.2. The second-order valence-electron chi connectivity index (χ2n) is 11.4. The molecule has 0 bridgehead atoms. The molecular weight excluding hydrogens is 495 g/mol. The van der Waals surface area contributed by atoms with Gasteiger partial charge in [-0.05, 0) is 71.0 Å². The van der Waals surface area contributed by atoms with Gasteiger partial charge in [0.05, 0.1) is 17.2 Å². The summed E-state index contributed by atoms with van der Waals surface area (Å²) in [6.07, 6.45) is 1.50. The van der Waals surface area contributed by atoms with E-state index in [0.717, 1.165) is 38.7 Å². The summed E-state index contributed by atoms with van der Waals surface area (Å²) in [6.45, 7) is 8.35. The molecule has 2 aromatic heterocycles. The van der Waals surface area contributed by atoms with E-state index in [1.807, 2.05) is 44.3 Å². The van der Waals surface area contributed by atoms with Crippen LogP contribution in [0.15, 0.2) is 83.4 Å². The van der Waals surface area contributed by atoms with Crippen molar-refractivity contribution in [2.75, 3.05) is 0 Å². The second-order valence-corrected chi connectivity index (χ2v) is 11.4. The molecule has 0 unspecified atom stereocenters. The molecule has 7 rings (SSSR count). The molecular formula is C36H28FN2O+. The van der Waals surface area contributed by atoms with Crippen LogP contribution in [0, 0.1) is 31.0 Å². The Labute approximate surface area is 232 Å². The van der Waals surface area contributed by atoms with Gasteiger partial charge in [0.2, 0.25) is 11.9 Å². The summed E-state index contributed by atoms with van der Waals surface area (Å²) in [6, 6.07) is 27.5. The largest absolute Gasteiger partial charge is 0.454 e. The average molecular weight is 524 g/mol. The van der Waals surface area contributed by atoms with Crippen molar-refractivity contribution < 1.29 is 13.4 Å². The van der Waals surface area contributed by atoms with Crippen LogP contribution in [0.1, 0.15) is 41.7 Å². The minimum atomic E-state index is -0.253. The fraction of sp³-hybridized carbons (Fsp3) is 0.167. The maximum atomic E-state index is 14.4. The molecule has 40 heavy (non-hydrogen) atoms. The molecule has 0 saturated heterocycles. The number of aromatic nitrogens is 1. The molecule has 4 heteroatoms. The van der Waals surface area contributed by atoms with Crippen LogP contribution in [-0.4, -0.2) is 0 Å². The quantitative estimate of drug-likeness (QED) is 0.213. The van der Waals surface area contributed by atoms with Crippen LogP contribution in [-0.2, 0) is 12.5 Å². The second kappa shape index (κ2) is 8.37. The number of aryl methyl sites for hydroxylation is 3. The monoisotopic (exact) mass is 523 g/mol. The van der Waals surface area contributed by atoms with E-state index < -0.39 is 0 Å². The summed E-state index contributed by atoms with van der Waals surface area (Å²) in [7, 11) is 1.84. The highest BCUT2D eigenvalue weighted by Gasteiger charge is 2.35. The molecule has 1 aliphatic rings. The van der Waals surface area contributed by atoms with E-state index in [1.165, 1.54) is 28.5 Å². The lowest BCUT2D eigenvalue weighted by Crippen LogP contribution is -2.31. The topological polar surface area (TPSA) is 40.8 Å². The smallest absolute Gasteiger partial charge is 0.216 e. The van der Waals surface area contributed by atoms with Crippen molar-refractivity contribution in [3.05, 3.63) is 113 Å². The third-order valence-electron chi connectivity index (χ3n) is 8.69.